The van der Waals surface area contributed by atoms with Gasteiger partial charge in [0.1, 0.15) is 11.0 Å². The van der Waals surface area contributed by atoms with Crippen LogP contribution in [0.15, 0.2) is 22.9 Å². The van der Waals surface area contributed by atoms with E-state index in [2.05, 4.69) is 14.5 Å². The van der Waals surface area contributed by atoms with Crippen molar-refractivity contribution in [2.75, 3.05) is 0 Å². The summed E-state index contributed by atoms with van der Waals surface area (Å²) in [6.07, 6.45) is 5.06. The molecule has 0 amide bonds. The Morgan fingerprint density at radius 1 is 1.39 bits per heavy atom. The van der Waals surface area contributed by atoms with E-state index in [-0.39, 0.29) is 4.75 Å². The van der Waals surface area contributed by atoms with Crippen molar-refractivity contribution in [3.63, 3.8) is 0 Å². The largest absolute Gasteiger partial charge is 0.266 e. The van der Waals surface area contributed by atoms with Gasteiger partial charge in [-0.3, -0.25) is 9.67 Å². The van der Waals surface area contributed by atoms with Crippen LogP contribution in [0, 0.1) is 0 Å². The first-order valence-corrected chi connectivity index (χ1v) is 6.72. The van der Waals surface area contributed by atoms with Gasteiger partial charge in [0, 0.05) is 12.4 Å². The molecule has 0 bridgehead atoms. The van der Waals surface area contributed by atoms with Crippen molar-refractivity contribution in [1.82, 2.24) is 14.8 Å². The van der Waals surface area contributed by atoms with E-state index < -0.39 is 11.0 Å². The average Bonchev–Trinajstić information content (AvgIpc) is 2.66. The molecule has 0 aliphatic rings. The zero-order valence-corrected chi connectivity index (χ0v) is 11.7. The number of fused-ring (bicyclic) bond motifs is 1. The summed E-state index contributed by atoms with van der Waals surface area (Å²) in [4.78, 5) is 4.25. The molecule has 0 aliphatic carbocycles. The summed E-state index contributed by atoms with van der Waals surface area (Å²) in [5, 5.41) is 5.14. The molecule has 2 rings (SSSR count). The monoisotopic (exact) mass is 264 g/mol. The first kappa shape index (κ1) is 12.9. The van der Waals surface area contributed by atoms with E-state index >= 15 is 0 Å². The Morgan fingerprint density at radius 2 is 2.11 bits per heavy atom. The first-order valence-electron chi connectivity index (χ1n) is 5.62. The smallest absolute Gasteiger partial charge is 0.144 e. The fourth-order valence-electron chi connectivity index (χ4n) is 1.40. The van der Waals surface area contributed by atoms with Crippen LogP contribution in [0.5, 0.6) is 0 Å². The quantitative estimate of drug-likeness (QED) is 0.778. The number of hydrogen-bond acceptors (Lipinski definition) is 3. The Bertz CT molecular complexity index is 625. The molecule has 18 heavy (non-hydrogen) atoms. The molecule has 6 heteroatoms. The number of hydrogen-bond donors (Lipinski definition) is 0. The van der Waals surface area contributed by atoms with E-state index in [1.165, 1.54) is 0 Å². The predicted octanol–water partition coefficient (Wildman–Crippen LogP) is 1.85. The minimum Gasteiger partial charge on any atom is -0.266 e. The minimum absolute atomic E-state index is 0.352. The van der Waals surface area contributed by atoms with E-state index in [4.69, 9.17) is 0 Å². The van der Waals surface area contributed by atoms with Crippen LogP contribution in [-0.2, 0) is 18.0 Å². The fourth-order valence-corrected chi connectivity index (χ4v) is 1.92. The van der Waals surface area contributed by atoms with Crippen LogP contribution in [0.4, 0.5) is 0 Å². The molecule has 0 N–H and O–H groups in total. The molecule has 0 saturated heterocycles. The van der Waals surface area contributed by atoms with Crippen LogP contribution >= 0.6 is 0 Å². The van der Waals surface area contributed by atoms with Crippen molar-refractivity contribution in [3.8, 4) is 0 Å². The fraction of sp³-hybridized carbons (Fsp3) is 0.417. The van der Waals surface area contributed by atoms with Crippen LogP contribution in [0.2, 0.25) is 0 Å². The topological polar surface area (TPSA) is 60.1 Å². The normalized spacial score (nSPS) is 14.4. The Labute approximate surface area is 109 Å². The molecule has 2 aromatic heterocycles. The molecule has 0 saturated carbocycles. The van der Waals surface area contributed by atoms with Gasteiger partial charge >= 0.3 is 0 Å². The van der Waals surface area contributed by atoms with Gasteiger partial charge in [-0.15, -0.1) is 0 Å². The van der Waals surface area contributed by atoms with E-state index in [0.717, 1.165) is 10.9 Å². The molecular weight excluding hydrogens is 248 g/mol. The number of nitrogens with zero attached hydrogens (tertiary/aromatic N) is 4. The number of aromatic nitrogens is 3. The molecule has 0 spiro atoms. The van der Waals surface area contributed by atoms with Crippen molar-refractivity contribution in [3.05, 3.63) is 24.2 Å². The zero-order chi connectivity index (χ0) is 13.3. The van der Waals surface area contributed by atoms with Crippen molar-refractivity contribution in [2.45, 2.75) is 25.5 Å². The third-order valence-corrected chi connectivity index (χ3v) is 3.80. The minimum atomic E-state index is -1.26. The Morgan fingerprint density at radius 3 is 2.78 bits per heavy atom. The summed E-state index contributed by atoms with van der Waals surface area (Å²) in [5.74, 6) is 0. The second kappa shape index (κ2) is 4.61. The standard InChI is InChI=1S/C12H16N4OS/c1-12(2,3)18(17)15-7-10-5-9-6-14-16(4)11(9)8-13-10/h5-8H,1-4H3/b15-7+/t18-/m1/s1. The van der Waals surface area contributed by atoms with Crippen molar-refractivity contribution in [1.29, 1.82) is 0 Å². The Hall–Kier alpha value is -1.56. The Balaban J connectivity index is 2.27. The lowest BCUT2D eigenvalue weighted by molar-refractivity contribution is 0.651. The molecule has 2 heterocycles. The van der Waals surface area contributed by atoms with Gasteiger partial charge in [-0.05, 0) is 26.8 Å². The van der Waals surface area contributed by atoms with Gasteiger partial charge in [0.15, 0.2) is 0 Å². The summed E-state index contributed by atoms with van der Waals surface area (Å²) in [5.41, 5.74) is 1.65. The van der Waals surface area contributed by atoms with Crippen LogP contribution in [0.25, 0.3) is 10.9 Å². The second-order valence-electron chi connectivity index (χ2n) is 5.03. The first-order chi connectivity index (χ1) is 8.38. The van der Waals surface area contributed by atoms with E-state index in [9.17, 15) is 4.21 Å². The van der Waals surface area contributed by atoms with Crippen molar-refractivity contribution >= 4 is 28.1 Å². The van der Waals surface area contributed by atoms with Crippen LogP contribution in [-0.4, -0.2) is 29.9 Å². The molecule has 1 atom stereocenters. The average molecular weight is 264 g/mol. The third kappa shape index (κ3) is 2.64. The summed E-state index contributed by atoms with van der Waals surface area (Å²) in [7, 11) is 0.610. The maximum atomic E-state index is 11.8. The summed E-state index contributed by atoms with van der Waals surface area (Å²) in [6, 6.07) is 1.88. The highest BCUT2D eigenvalue weighted by molar-refractivity contribution is 7.85. The van der Waals surface area contributed by atoms with Crippen molar-refractivity contribution in [2.24, 2.45) is 11.4 Å². The molecule has 0 unspecified atom stereocenters. The lowest BCUT2D eigenvalue weighted by Crippen LogP contribution is -2.19. The molecule has 5 nitrogen and oxygen atoms in total. The molecule has 96 valence electrons. The number of pyridine rings is 1. The van der Waals surface area contributed by atoms with Crippen molar-refractivity contribution < 1.29 is 4.21 Å². The van der Waals surface area contributed by atoms with Gasteiger partial charge < -0.3 is 0 Å². The molecule has 0 radical (unpaired) electrons. The third-order valence-electron chi connectivity index (χ3n) is 2.46. The zero-order valence-electron chi connectivity index (χ0n) is 10.9. The lowest BCUT2D eigenvalue weighted by atomic mass is 10.3. The highest BCUT2D eigenvalue weighted by Gasteiger charge is 2.18. The van der Waals surface area contributed by atoms with Crippen LogP contribution in [0.3, 0.4) is 0 Å². The van der Waals surface area contributed by atoms with Gasteiger partial charge in [-0.1, -0.05) is 0 Å². The van der Waals surface area contributed by atoms with E-state index in [1.54, 1.807) is 23.3 Å². The van der Waals surface area contributed by atoms with E-state index in [1.807, 2.05) is 33.9 Å². The van der Waals surface area contributed by atoms with Gasteiger partial charge in [0.05, 0.1) is 34.6 Å². The predicted molar refractivity (Wildman–Crippen MR) is 74.0 cm³/mol. The van der Waals surface area contributed by atoms with Gasteiger partial charge in [0.25, 0.3) is 0 Å². The maximum absolute atomic E-state index is 11.8. The molecule has 2 aromatic rings. The van der Waals surface area contributed by atoms with Gasteiger partial charge in [0.2, 0.25) is 0 Å². The molecule has 0 fully saturated rings. The highest BCUT2D eigenvalue weighted by Crippen LogP contribution is 2.14. The molecule has 0 aromatic carbocycles. The molecule has 0 aliphatic heterocycles. The van der Waals surface area contributed by atoms with E-state index in [0.29, 0.717) is 5.69 Å². The Kier molecular flexibility index (Phi) is 3.30. The van der Waals surface area contributed by atoms with Crippen LogP contribution < -0.4 is 0 Å². The maximum Gasteiger partial charge on any atom is 0.144 e. The highest BCUT2D eigenvalue weighted by atomic mass is 32.2. The molecular formula is C12H16N4OS. The SMILES string of the molecule is Cn1ncc2cc(/C=N/[S@](=O)C(C)(C)C)ncc21. The van der Waals surface area contributed by atoms with Gasteiger partial charge in [-0.2, -0.15) is 9.50 Å². The summed E-state index contributed by atoms with van der Waals surface area (Å²) in [6.45, 7) is 5.66. The number of aryl methyl sites for hydroxylation is 1. The van der Waals surface area contributed by atoms with Gasteiger partial charge in [-0.25, -0.2) is 4.21 Å². The second-order valence-corrected chi connectivity index (χ2v) is 6.97. The number of rotatable bonds is 2. The summed E-state index contributed by atoms with van der Waals surface area (Å²) >= 11 is 0. The summed E-state index contributed by atoms with van der Waals surface area (Å²) < 4.78 is 17.2. The van der Waals surface area contributed by atoms with Crippen LogP contribution in [0.1, 0.15) is 26.5 Å². The lowest BCUT2D eigenvalue weighted by Gasteiger charge is -2.12.